The van der Waals surface area contributed by atoms with E-state index in [1.807, 2.05) is 32.0 Å². The van der Waals surface area contributed by atoms with Gasteiger partial charge in [0.05, 0.1) is 19.6 Å². The summed E-state index contributed by atoms with van der Waals surface area (Å²) in [6, 6.07) is 5.56. The summed E-state index contributed by atoms with van der Waals surface area (Å²) in [7, 11) is 2.98. The summed E-state index contributed by atoms with van der Waals surface area (Å²) in [6.45, 7) is 4.01. The van der Waals surface area contributed by atoms with Crippen LogP contribution in [-0.2, 0) is 21.5 Å². The second-order valence-electron chi connectivity index (χ2n) is 4.35. The molecule has 94 valence electrons. The summed E-state index contributed by atoms with van der Waals surface area (Å²) < 4.78 is 9.99. The van der Waals surface area contributed by atoms with E-state index >= 15 is 0 Å². The van der Waals surface area contributed by atoms with Crippen LogP contribution in [0.1, 0.15) is 25.0 Å². The van der Waals surface area contributed by atoms with E-state index in [1.165, 1.54) is 7.11 Å². The van der Waals surface area contributed by atoms with Gasteiger partial charge in [-0.15, -0.1) is 0 Å². The topological polar surface area (TPSA) is 61.5 Å². The van der Waals surface area contributed by atoms with Crippen molar-refractivity contribution >= 4 is 5.97 Å². The van der Waals surface area contributed by atoms with E-state index < -0.39 is 5.41 Å². The van der Waals surface area contributed by atoms with Crippen molar-refractivity contribution in [3.8, 4) is 5.75 Å². The molecular weight excluding hydrogens is 218 g/mol. The first-order valence-corrected chi connectivity index (χ1v) is 5.43. The highest BCUT2D eigenvalue weighted by molar-refractivity contribution is 5.82. The predicted molar refractivity (Wildman–Crippen MR) is 65.9 cm³/mol. The molecule has 0 fully saturated rings. The van der Waals surface area contributed by atoms with Crippen LogP contribution in [0.15, 0.2) is 18.2 Å². The minimum atomic E-state index is -0.690. The first-order valence-electron chi connectivity index (χ1n) is 5.43. The Hall–Kier alpha value is -1.55. The summed E-state index contributed by atoms with van der Waals surface area (Å²) in [5.74, 6) is 0.461. The lowest BCUT2D eigenvalue weighted by Gasteiger charge is -2.23. The van der Waals surface area contributed by atoms with Crippen molar-refractivity contribution < 1.29 is 14.3 Å². The zero-order valence-electron chi connectivity index (χ0n) is 10.7. The molecule has 0 bridgehead atoms. The fourth-order valence-corrected chi connectivity index (χ4v) is 1.70. The average Bonchev–Trinajstić information content (AvgIpc) is 2.36. The highest BCUT2D eigenvalue weighted by Crippen LogP contribution is 2.29. The summed E-state index contributed by atoms with van der Waals surface area (Å²) in [4.78, 5) is 11.7. The summed E-state index contributed by atoms with van der Waals surface area (Å²) in [5.41, 5.74) is 6.70. The molecule has 4 heteroatoms. The van der Waals surface area contributed by atoms with Gasteiger partial charge in [0.2, 0.25) is 0 Å². The van der Waals surface area contributed by atoms with Crippen molar-refractivity contribution in [1.82, 2.24) is 0 Å². The number of rotatable bonds is 4. The molecule has 1 rings (SSSR count). The number of hydrogen-bond acceptors (Lipinski definition) is 4. The van der Waals surface area contributed by atoms with Crippen LogP contribution in [0.4, 0.5) is 0 Å². The van der Waals surface area contributed by atoms with Crippen LogP contribution >= 0.6 is 0 Å². The molecule has 0 heterocycles. The molecule has 17 heavy (non-hydrogen) atoms. The number of benzene rings is 1. The zero-order valence-corrected chi connectivity index (χ0v) is 10.7. The SMILES string of the molecule is COC(=O)C(C)(C)c1ccc(OC)c(CN)c1. The average molecular weight is 237 g/mol. The summed E-state index contributed by atoms with van der Waals surface area (Å²) in [6.07, 6.45) is 0. The number of ether oxygens (including phenoxy) is 2. The molecule has 0 amide bonds. The largest absolute Gasteiger partial charge is 0.496 e. The van der Waals surface area contributed by atoms with Gasteiger partial charge >= 0.3 is 5.97 Å². The Morgan fingerprint density at radius 3 is 2.47 bits per heavy atom. The maximum Gasteiger partial charge on any atom is 0.315 e. The molecule has 0 unspecified atom stereocenters. The lowest BCUT2D eigenvalue weighted by atomic mass is 9.84. The van der Waals surface area contributed by atoms with Gasteiger partial charge in [0.15, 0.2) is 0 Å². The molecule has 0 aliphatic heterocycles. The van der Waals surface area contributed by atoms with Gasteiger partial charge in [0, 0.05) is 12.1 Å². The molecule has 2 N–H and O–H groups in total. The molecule has 4 nitrogen and oxygen atoms in total. The molecular formula is C13H19NO3. The van der Waals surface area contributed by atoms with Crippen LogP contribution in [0.5, 0.6) is 5.75 Å². The Morgan fingerprint density at radius 2 is 2.00 bits per heavy atom. The van der Waals surface area contributed by atoms with E-state index in [0.717, 1.165) is 16.9 Å². The highest BCUT2D eigenvalue weighted by atomic mass is 16.5. The highest BCUT2D eigenvalue weighted by Gasteiger charge is 2.31. The van der Waals surface area contributed by atoms with Gasteiger partial charge in [-0.1, -0.05) is 6.07 Å². The quantitative estimate of drug-likeness (QED) is 0.808. The molecule has 0 aromatic heterocycles. The maximum absolute atomic E-state index is 11.7. The molecule has 1 aromatic rings. The first-order chi connectivity index (χ1) is 7.97. The fourth-order valence-electron chi connectivity index (χ4n) is 1.70. The fraction of sp³-hybridized carbons (Fsp3) is 0.462. The first kappa shape index (κ1) is 13.5. The zero-order chi connectivity index (χ0) is 13.1. The van der Waals surface area contributed by atoms with Crippen molar-refractivity contribution in [2.45, 2.75) is 25.8 Å². The van der Waals surface area contributed by atoms with Crippen molar-refractivity contribution in [2.24, 2.45) is 5.73 Å². The van der Waals surface area contributed by atoms with Crippen molar-refractivity contribution in [3.63, 3.8) is 0 Å². The van der Waals surface area contributed by atoms with Crippen LogP contribution in [0.25, 0.3) is 0 Å². The van der Waals surface area contributed by atoms with Crippen molar-refractivity contribution in [3.05, 3.63) is 29.3 Å². The molecule has 0 saturated carbocycles. The molecule has 1 aromatic carbocycles. The second-order valence-corrected chi connectivity index (χ2v) is 4.35. The third kappa shape index (κ3) is 2.58. The molecule has 0 atom stereocenters. The van der Waals surface area contributed by atoms with Gasteiger partial charge in [-0.2, -0.15) is 0 Å². The molecule has 0 saturated heterocycles. The van der Waals surface area contributed by atoms with E-state index in [9.17, 15) is 4.79 Å². The second kappa shape index (κ2) is 5.19. The van der Waals surface area contributed by atoms with Crippen LogP contribution in [0.2, 0.25) is 0 Å². The van der Waals surface area contributed by atoms with Crippen LogP contribution in [-0.4, -0.2) is 20.2 Å². The van der Waals surface area contributed by atoms with Gasteiger partial charge in [0.25, 0.3) is 0 Å². The lowest BCUT2D eigenvalue weighted by Crippen LogP contribution is -2.30. The van der Waals surface area contributed by atoms with E-state index in [-0.39, 0.29) is 5.97 Å². The number of methoxy groups -OCH3 is 2. The number of carbonyl (C=O) groups excluding carboxylic acids is 1. The number of hydrogen-bond donors (Lipinski definition) is 1. The molecule has 0 aliphatic carbocycles. The minimum Gasteiger partial charge on any atom is -0.496 e. The van der Waals surface area contributed by atoms with Crippen LogP contribution in [0.3, 0.4) is 0 Å². The number of esters is 1. The van der Waals surface area contributed by atoms with Crippen LogP contribution in [0, 0.1) is 0 Å². The monoisotopic (exact) mass is 237 g/mol. The Kier molecular flexibility index (Phi) is 4.12. The third-order valence-electron chi connectivity index (χ3n) is 2.92. The van der Waals surface area contributed by atoms with E-state index in [0.29, 0.717) is 6.54 Å². The Balaban J connectivity index is 3.19. The number of nitrogens with two attached hydrogens (primary N) is 1. The van der Waals surface area contributed by atoms with Crippen LogP contribution < -0.4 is 10.5 Å². The molecule has 0 radical (unpaired) electrons. The summed E-state index contributed by atoms with van der Waals surface area (Å²) in [5, 5.41) is 0. The Morgan fingerprint density at radius 1 is 1.35 bits per heavy atom. The molecule has 0 spiro atoms. The molecule has 0 aliphatic rings. The normalized spacial score (nSPS) is 11.1. The Labute approximate surface area is 102 Å². The Bertz CT molecular complexity index is 413. The van der Waals surface area contributed by atoms with Gasteiger partial charge < -0.3 is 15.2 Å². The predicted octanol–water partition coefficient (Wildman–Crippen LogP) is 1.60. The van der Waals surface area contributed by atoms with Gasteiger partial charge in [-0.3, -0.25) is 4.79 Å². The number of carbonyl (C=O) groups is 1. The third-order valence-corrected chi connectivity index (χ3v) is 2.92. The smallest absolute Gasteiger partial charge is 0.315 e. The van der Waals surface area contributed by atoms with Gasteiger partial charge in [0.1, 0.15) is 5.75 Å². The van der Waals surface area contributed by atoms with E-state index in [4.69, 9.17) is 15.2 Å². The van der Waals surface area contributed by atoms with E-state index in [2.05, 4.69) is 0 Å². The maximum atomic E-state index is 11.7. The minimum absolute atomic E-state index is 0.273. The van der Waals surface area contributed by atoms with E-state index in [1.54, 1.807) is 7.11 Å². The van der Waals surface area contributed by atoms with Crippen molar-refractivity contribution in [1.29, 1.82) is 0 Å². The lowest BCUT2D eigenvalue weighted by molar-refractivity contribution is -0.146. The van der Waals surface area contributed by atoms with Gasteiger partial charge in [-0.25, -0.2) is 0 Å². The van der Waals surface area contributed by atoms with Crippen molar-refractivity contribution in [2.75, 3.05) is 14.2 Å². The standard InChI is InChI=1S/C13H19NO3/c1-13(2,12(15)17-4)10-5-6-11(16-3)9(7-10)8-14/h5-7H,8,14H2,1-4H3. The summed E-state index contributed by atoms with van der Waals surface area (Å²) >= 11 is 0. The van der Waals surface area contributed by atoms with Gasteiger partial charge in [-0.05, 0) is 31.5 Å².